The smallest absolute Gasteiger partial charge is 0.265 e. The van der Waals surface area contributed by atoms with Crippen LogP contribution in [0.3, 0.4) is 0 Å². The van der Waals surface area contributed by atoms with Crippen LogP contribution in [0.4, 0.5) is 5.69 Å². The molecule has 0 aromatic heterocycles. The monoisotopic (exact) mass is 313 g/mol. The van der Waals surface area contributed by atoms with Gasteiger partial charge in [-0.3, -0.25) is 4.79 Å². The largest absolute Gasteiger partial charge is 0.492 e. The van der Waals surface area contributed by atoms with Crippen LogP contribution < -0.4 is 14.8 Å². The molecule has 0 aliphatic carbocycles. The van der Waals surface area contributed by atoms with E-state index in [2.05, 4.69) is 5.32 Å². The number of ether oxygens (including phenoxy) is 2. The number of nitrogens with one attached hydrogen (secondary N) is 1. The van der Waals surface area contributed by atoms with E-state index in [0.29, 0.717) is 30.2 Å². The zero-order valence-corrected chi connectivity index (χ0v) is 13.8. The van der Waals surface area contributed by atoms with E-state index < -0.39 is 6.10 Å². The predicted molar refractivity (Wildman–Crippen MR) is 92.1 cm³/mol. The van der Waals surface area contributed by atoms with Crippen LogP contribution in [0.1, 0.15) is 25.8 Å². The SMILES string of the molecule is CCOc1ccccc1NC(=O)C(CC)Oc1cccc(C)c1. The second-order valence-electron chi connectivity index (χ2n) is 5.25. The Labute approximate surface area is 137 Å². The molecule has 23 heavy (non-hydrogen) atoms. The predicted octanol–water partition coefficient (Wildman–Crippen LogP) is 4.19. The fraction of sp³-hybridized carbons (Fsp3) is 0.316. The number of anilines is 1. The molecule has 1 amide bonds. The average Bonchev–Trinajstić information content (AvgIpc) is 2.54. The van der Waals surface area contributed by atoms with E-state index in [0.717, 1.165) is 5.56 Å². The number of aryl methyl sites for hydroxylation is 1. The molecular weight excluding hydrogens is 290 g/mol. The molecule has 4 heteroatoms. The Morgan fingerprint density at radius 3 is 2.61 bits per heavy atom. The highest BCUT2D eigenvalue weighted by molar-refractivity contribution is 5.95. The van der Waals surface area contributed by atoms with Crippen LogP contribution in [0.15, 0.2) is 48.5 Å². The van der Waals surface area contributed by atoms with E-state index in [1.54, 1.807) is 0 Å². The Bertz CT molecular complexity index is 655. The van der Waals surface area contributed by atoms with Gasteiger partial charge in [0.15, 0.2) is 6.10 Å². The summed E-state index contributed by atoms with van der Waals surface area (Å²) in [6.07, 6.45) is 0.0304. The molecule has 2 aromatic rings. The summed E-state index contributed by atoms with van der Waals surface area (Å²) in [4.78, 5) is 12.5. The number of rotatable bonds is 7. The summed E-state index contributed by atoms with van der Waals surface area (Å²) in [6.45, 7) is 6.37. The van der Waals surface area contributed by atoms with Gasteiger partial charge in [-0.15, -0.1) is 0 Å². The molecule has 122 valence electrons. The molecule has 0 aliphatic heterocycles. The van der Waals surface area contributed by atoms with Crippen LogP contribution in [0.2, 0.25) is 0 Å². The van der Waals surface area contributed by atoms with Crippen LogP contribution in [0, 0.1) is 6.92 Å². The van der Waals surface area contributed by atoms with Gasteiger partial charge in [-0.25, -0.2) is 0 Å². The zero-order valence-electron chi connectivity index (χ0n) is 13.8. The van der Waals surface area contributed by atoms with Gasteiger partial charge in [-0.05, 0) is 50.1 Å². The molecule has 0 saturated carbocycles. The first-order chi connectivity index (χ1) is 11.1. The number of para-hydroxylation sites is 2. The minimum Gasteiger partial charge on any atom is -0.492 e. The number of benzene rings is 2. The molecule has 1 atom stereocenters. The Morgan fingerprint density at radius 1 is 1.13 bits per heavy atom. The summed E-state index contributed by atoms with van der Waals surface area (Å²) in [6, 6.07) is 15.1. The molecule has 0 saturated heterocycles. The summed E-state index contributed by atoms with van der Waals surface area (Å²) in [5, 5.41) is 2.89. The van der Waals surface area contributed by atoms with Gasteiger partial charge in [0.1, 0.15) is 11.5 Å². The molecule has 0 heterocycles. The van der Waals surface area contributed by atoms with Crippen LogP contribution in [-0.2, 0) is 4.79 Å². The maximum absolute atomic E-state index is 12.5. The van der Waals surface area contributed by atoms with Gasteiger partial charge in [0.2, 0.25) is 0 Å². The van der Waals surface area contributed by atoms with Gasteiger partial charge in [0, 0.05) is 0 Å². The lowest BCUT2D eigenvalue weighted by Crippen LogP contribution is -2.32. The van der Waals surface area contributed by atoms with Crippen molar-refractivity contribution < 1.29 is 14.3 Å². The van der Waals surface area contributed by atoms with Crippen LogP contribution in [0.5, 0.6) is 11.5 Å². The van der Waals surface area contributed by atoms with Gasteiger partial charge in [0.25, 0.3) is 5.91 Å². The number of hydrogen-bond donors (Lipinski definition) is 1. The van der Waals surface area contributed by atoms with Gasteiger partial charge in [-0.2, -0.15) is 0 Å². The summed E-state index contributed by atoms with van der Waals surface area (Å²) < 4.78 is 11.4. The number of amides is 1. The number of carbonyl (C=O) groups is 1. The Morgan fingerprint density at radius 2 is 1.91 bits per heavy atom. The molecule has 0 fully saturated rings. The van der Waals surface area contributed by atoms with E-state index >= 15 is 0 Å². The zero-order chi connectivity index (χ0) is 16.7. The molecule has 1 unspecified atom stereocenters. The molecule has 0 radical (unpaired) electrons. The van der Waals surface area contributed by atoms with Crippen LogP contribution >= 0.6 is 0 Å². The minimum absolute atomic E-state index is 0.179. The highest BCUT2D eigenvalue weighted by atomic mass is 16.5. The number of hydrogen-bond acceptors (Lipinski definition) is 3. The highest BCUT2D eigenvalue weighted by Gasteiger charge is 2.19. The first kappa shape index (κ1) is 16.9. The molecule has 4 nitrogen and oxygen atoms in total. The molecule has 2 rings (SSSR count). The normalized spacial score (nSPS) is 11.6. The van der Waals surface area contributed by atoms with Crippen molar-refractivity contribution in [1.29, 1.82) is 0 Å². The summed E-state index contributed by atoms with van der Waals surface area (Å²) >= 11 is 0. The van der Waals surface area contributed by atoms with Crippen LogP contribution in [-0.4, -0.2) is 18.6 Å². The fourth-order valence-corrected chi connectivity index (χ4v) is 2.24. The average molecular weight is 313 g/mol. The summed E-state index contributed by atoms with van der Waals surface area (Å²) in [5.74, 6) is 1.18. The lowest BCUT2D eigenvalue weighted by atomic mass is 10.2. The summed E-state index contributed by atoms with van der Waals surface area (Å²) in [7, 11) is 0. The lowest BCUT2D eigenvalue weighted by molar-refractivity contribution is -0.122. The maximum atomic E-state index is 12.5. The van der Waals surface area contributed by atoms with E-state index in [-0.39, 0.29) is 5.91 Å². The Balaban J connectivity index is 2.08. The summed E-state index contributed by atoms with van der Waals surface area (Å²) in [5.41, 5.74) is 1.75. The quantitative estimate of drug-likeness (QED) is 0.833. The molecule has 2 aromatic carbocycles. The van der Waals surface area contributed by atoms with Crippen molar-refractivity contribution in [3.63, 3.8) is 0 Å². The fourth-order valence-electron chi connectivity index (χ4n) is 2.24. The van der Waals surface area contributed by atoms with Gasteiger partial charge in [-0.1, -0.05) is 31.2 Å². The van der Waals surface area contributed by atoms with Crippen molar-refractivity contribution in [3.05, 3.63) is 54.1 Å². The van der Waals surface area contributed by atoms with Gasteiger partial charge >= 0.3 is 0 Å². The third-order valence-corrected chi connectivity index (χ3v) is 3.38. The number of carbonyl (C=O) groups excluding carboxylic acids is 1. The van der Waals surface area contributed by atoms with E-state index in [1.165, 1.54) is 0 Å². The maximum Gasteiger partial charge on any atom is 0.265 e. The van der Waals surface area contributed by atoms with Crippen molar-refractivity contribution >= 4 is 11.6 Å². The van der Waals surface area contributed by atoms with E-state index in [1.807, 2.05) is 69.3 Å². The molecule has 0 aliphatic rings. The van der Waals surface area contributed by atoms with Crippen molar-refractivity contribution in [2.24, 2.45) is 0 Å². The second-order valence-corrected chi connectivity index (χ2v) is 5.25. The highest BCUT2D eigenvalue weighted by Crippen LogP contribution is 2.24. The Hall–Kier alpha value is -2.49. The first-order valence-electron chi connectivity index (χ1n) is 7.90. The molecular formula is C19H23NO3. The van der Waals surface area contributed by atoms with Gasteiger partial charge in [0.05, 0.1) is 12.3 Å². The Kier molecular flexibility index (Phi) is 6.03. The molecule has 0 spiro atoms. The van der Waals surface area contributed by atoms with Crippen molar-refractivity contribution in [2.75, 3.05) is 11.9 Å². The van der Waals surface area contributed by atoms with Crippen LogP contribution in [0.25, 0.3) is 0 Å². The minimum atomic E-state index is -0.550. The van der Waals surface area contributed by atoms with Crippen molar-refractivity contribution in [1.82, 2.24) is 0 Å². The van der Waals surface area contributed by atoms with Crippen molar-refractivity contribution in [3.8, 4) is 11.5 Å². The van der Waals surface area contributed by atoms with Crippen molar-refractivity contribution in [2.45, 2.75) is 33.3 Å². The third kappa shape index (κ3) is 4.74. The first-order valence-corrected chi connectivity index (χ1v) is 7.90. The third-order valence-electron chi connectivity index (χ3n) is 3.38. The lowest BCUT2D eigenvalue weighted by Gasteiger charge is -2.18. The standard InChI is InChI=1S/C19H23NO3/c1-4-17(23-15-10-8-9-14(3)13-15)19(21)20-16-11-6-7-12-18(16)22-5-2/h6-13,17H,4-5H2,1-3H3,(H,20,21). The van der Waals surface area contributed by atoms with E-state index in [4.69, 9.17) is 9.47 Å². The topological polar surface area (TPSA) is 47.6 Å². The van der Waals surface area contributed by atoms with Gasteiger partial charge < -0.3 is 14.8 Å². The van der Waals surface area contributed by atoms with E-state index in [9.17, 15) is 4.79 Å². The molecule has 0 bridgehead atoms. The second kappa shape index (κ2) is 8.22. The molecule has 1 N–H and O–H groups in total.